The number of hydrogen-bond donors (Lipinski definition) is 3. The van der Waals surface area contributed by atoms with Crippen molar-refractivity contribution < 1.29 is 23.2 Å². The second-order valence-corrected chi connectivity index (χ2v) is 9.52. The second kappa shape index (κ2) is 10.9. The van der Waals surface area contributed by atoms with Crippen LogP contribution in [0.3, 0.4) is 0 Å². The largest absolute Gasteiger partial charge is 0.368 e. The third-order valence-corrected chi connectivity index (χ3v) is 6.90. The van der Waals surface area contributed by atoms with Gasteiger partial charge in [0.05, 0.1) is 5.69 Å². The van der Waals surface area contributed by atoms with Crippen molar-refractivity contribution in [3.05, 3.63) is 113 Å². The summed E-state index contributed by atoms with van der Waals surface area (Å²) in [6.07, 6.45) is 0.332. The van der Waals surface area contributed by atoms with E-state index in [-0.39, 0.29) is 25.1 Å². The first-order valence-corrected chi connectivity index (χ1v) is 12.5. The molecule has 0 aliphatic carbocycles. The first kappa shape index (κ1) is 25.8. The number of nitrogens with two attached hydrogens (primary N) is 1. The fraction of sp³-hybridized carbons (Fsp3) is 0.167. The SMILES string of the molecule is NC(=O)C(Cc1ccc2ccccc2c1)NC(=O)[C@@H]1Cc2ccccc2CN1C(=O)Nc1cc(F)ccc1F. The minimum Gasteiger partial charge on any atom is -0.368 e. The Morgan fingerprint density at radius 3 is 2.38 bits per heavy atom. The lowest BCUT2D eigenvalue weighted by molar-refractivity contribution is -0.130. The monoisotopic (exact) mass is 528 g/mol. The van der Waals surface area contributed by atoms with Gasteiger partial charge in [-0.15, -0.1) is 0 Å². The van der Waals surface area contributed by atoms with E-state index < -0.39 is 41.6 Å². The smallest absolute Gasteiger partial charge is 0.322 e. The summed E-state index contributed by atoms with van der Waals surface area (Å²) < 4.78 is 27.9. The number of hydrogen-bond acceptors (Lipinski definition) is 3. The van der Waals surface area contributed by atoms with Gasteiger partial charge in [-0.05, 0) is 39.6 Å². The molecule has 4 amide bonds. The Bertz CT molecular complexity index is 1580. The predicted octanol–water partition coefficient (Wildman–Crippen LogP) is 4.29. The average molecular weight is 529 g/mol. The van der Waals surface area contributed by atoms with Crippen LogP contribution in [0.25, 0.3) is 10.8 Å². The van der Waals surface area contributed by atoms with Gasteiger partial charge >= 0.3 is 6.03 Å². The standard InChI is InChI=1S/C30H26F2N4O3/c31-23-11-12-24(32)25(16-23)35-30(39)36-17-22-8-4-3-7-21(22)15-27(36)29(38)34-26(28(33)37)14-18-9-10-19-5-1-2-6-20(19)13-18/h1-13,16,26-27H,14-15,17H2,(H2,33,37)(H,34,38)(H,35,39)/t26?,27-/m0/s1. The Hall–Kier alpha value is -4.79. The van der Waals surface area contributed by atoms with Crippen LogP contribution in [0.4, 0.5) is 19.3 Å². The molecule has 0 aromatic heterocycles. The zero-order valence-corrected chi connectivity index (χ0v) is 20.9. The lowest BCUT2D eigenvalue weighted by atomic mass is 9.93. The van der Waals surface area contributed by atoms with Gasteiger partial charge in [-0.1, -0.05) is 66.7 Å². The number of amides is 4. The van der Waals surface area contributed by atoms with Gasteiger partial charge in [-0.2, -0.15) is 0 Å². The highest BCUT2D eigenvalue weighted by atomic mass is 19.1. The van der Waals surface area contributed by atoms with E-state index >= 15 is 0 Å². The number of carbonyl (C=O) groups is 3. The lowest BCUT2D eigenvalue weighted by Gasteiger charge is -2.36. The number of carbonyl (C=O) groups excluding carboxylic acids is 3. The number of anilines is 1. The van der Waals surface area contributed by atoms with E-state index in [2.05, 4.69) is 10.6 Å². The number of urea groups is 1. The number of halogens is 2. The van der Waals surface area contributed by atoms with E-state index in [4.69, 9.17) is 5.73 Å². The molecule has 7 nitrogen and oxygen atoms in total. The quantitative estimate of drug-likeness (QED) is 0.348. The molecule has 1 aliphatic rings. The van der Waals surface area contributed by atoms with Gasteiger partial charge in [0.1, 0.15) is 23.7 Å². The fourth-order valence-electron chi connectivity index (χ4n) is 4.84. The summed E-state index contributed by atoms with van der Waals surface area (Å²) >= 11 is 0. The van der Waals surface area contributed by atoms with E-state index in [0.29, 0.717) is 0 Å². The summed E-state index contributed by atoms with van der Waals surface area (Å²) in [5.74, 6) is -2.83. The average Bonchev–Trinajstić information content (AvgIpc) is 2.93. The van der Waals surface area contributed by atoms with Crippen molar-refractivity contribution >= 4 is 34.3 Å². The van der Waals surface area contributed by atoms with Crippen molar-refractivity contribution in [1.29, 1.82) is 0 Å². The third kappa shape index (κ3) is 5.72. The number of nitrogens with zero attached hydrogens (tertiary/aromatic N) is 1. The molecular weight excluding hydrogens is 502 g/mol. The Labute approximate surface area is 223 Å². The first-order valence-electron chi connectivity index (χ1n) is 12.5. The predicted molar refractivity (Wildman–Crippen MR) is 144 cm³/mol. The molecule has 4 aromatic carbocycles. The topological polar surface area (TPSA) is 105 Å². The molecule has 0 saturated carbocycles. The molecule has 0 bridgehead atoms. The van der Waals surface area contributed by atoms with Gasteiger partial charge in [-0.25, -0.2) is 13.6 Å². The summed E-state index contributed by atoms with van der Waals surface area (Å²) in [6, 6.07) is 20.7. The van der Waals surface area contributed by atoms with Gasteiger partial charge in [0.2, 0.25) is 11.8 Å². The molecule has 1 aliphatic heterocycles. The number of benzene rings is 4. The van der Waals surface area contributed by atoms with E-state index in [0.717, 1.165) is 45.7 Å². The minimum absolute atomic E-state index is 0.0585. The number of fused-ring (bicyclic) bond motifs is 2. The first-order chi connectivity index (χ1) is 18.8. The Balaban J connectivity index is 1.38. The minimum atomic E-state index is -1.03. The molecule has 0 fully saturated rings. The molecule has 5 rings (SSSR count). The van der Waals surface area contributed by atoms with Crippen molar-refractivity contribution in [2.24, 2.45) is 5.73 Å². The molecule has 0 spiro atoms. The molecule has 2 atom stereocenters. The maximum absolute atomic E-state index is 14.2. The van der Waals surface area contributed by atoms with Crippen LogP contribution < -0.4 is 16.4 Å². The lowest BCUT2D eigenvalue weighted by Crippen LogP contribution is -2.57. The summed E-state index contributed by atoms with van der Waals surface area (Å²) in [5.41, 5.74) is 7.80. The summed E-state index contributed by atoms with van der Waals surface area (Å²) in [6.45, 7) is 0.0585. The molecule has 9 heteroatoms. The van der Waals surface area contributed by atoms with Gasteiger partial charge in [0, 0.05) is 25.5 Å². The highest BCUT2D eigenvalue weighted by Gasteiger charge is 2.36. The molecule has 1 heterocycles. The highest BCUT2D eigenvalue weighted by Crippen LogP contribution is 2.26. The molecular formula is C30H26F2N4O3. The molecule has 0 saturated heterocycles. The van der Waals surface area contributed by atoms with Crippen LogP contribution in [0, 0.1) is 11.6 Å². The van der Waals surface area contributed by atoms with Crippen molar-refractivity contribution in [3.8, 4) is 0 Å². The van der Waals surface area contributed by atoms with Crippen LogP contribution in [0.1, 0.15) is 16.7 Å². The molecule has 39 heavy (non-hydrogen) atoms. The third-order valence-electron chi connectivity index (χ3n) is 6.90. The molecule has 198 valence electrons. The number of primary amides is 1. The van der Waals surface area contributed by atoms with Crippen LogP contribution >= 0.6 is 0 Å². The molecule has 4 N–H and O–H groups in total. The van der Waals surface area contributed by atoms with Crippen LogP contribution in [-0.2, 0) is 29.0 Å². The van der Waals surface area contributed by atoms with Gasteiger partial charge in [0.25, 0.3) is 0 Å². The number of rotatable bonds is 6. The van der Waals surface area contributed by atoms with Crippen molar-refractivity contribution in [2.45, 2.75) is 31.5 Å². The van der Waals surface area contributed by atoms with Gasteiger partial charge in [-0.3, -0.25) is 9.59 Å². The van der Waals surface area contributed by atoms with Gasteiger partial charge < -0.3 is 21.3 Å². The van der Waals surface area contributed by atoms with E-state index in [1.54, 1.807) is 0 Å². The summed E-state index contributed by atoms with van der Waals surface area (Å²) in [7, 11) is 0. The molecule has 1 unspecified atom stereocenters. The number of nitrogens with one attached hydrogen (secondary N) is 2. The molecule has 4 aromatic rings. The van der Waals surface area contributed by atoms with Crippen molar-refractivity contribution in [1.82, 2.24) is 10.2 Å². The highest BCUT2D eigenvalue weighted by molar-refractivity contribution is 5.96. The van der Waals surface area contributed by atoms with E-state index in [9.17, 15) is 23.2 Å². The van der Waals surface area contributed by atoms with E-state index in [1.165, 1.54) is 4.90 Å². The Morgan fingerprint density at radius 2 is 1.62 bits per heavy atom. The second-order valence-electron chi connectivity index (χ2n) is 9.52. The molecule has 0 radical (unpaired) electrons. The van der Waals surface area contributed by atoms with Crippen molar-refractivity contribution in [2.75, 3.05) is 5.32 Å². The Morgan fingerprint density at radius 1 is 0.897 bits per heavy atom. The maximum atomic E-state index is 14.2. The maximum Gasteiger partial charge on any atom is 0.322 e. The van der Waals surface area contributed by atoms with Crippen LogP contribution in [0.5, 0.6) is 0 Å². The van der Waals surface area contributed by atoms with Gasteiger partial charge in [0.15, 0.2) is 0 Å². The summed E-state index contributed by atoms with van der Waals surface area (Å²) in [4.78, 5) is 40.4. The zero-order chi connectivity index (χ0) is 27.5. The van der Waals surface area contributed by atoms with E-state index in [1.807, 2.05) is 66.7 Å². The zero-order valence-electron chi connectivity index (χ0n) is 20.9. The van der Waals surface area contributed by atoms with Crippen LogP contribution in [-0.4, -0.2) is 34.8 Å². The normalized spacial score (nSPS) is 15.3. The summed E-state index contributed by atoms with van der Waals surface area (Å²) in [5, 5.41) is 7.11. The van der Waals surface area contributed by atoms with Crippen LogP contribution in [0.2, 0.25) is 0 Å². The van der Waals surface area contributed by atoms with Crippen LogP contribution in [0.15, 0.2) is 84.9 Å². The Kier molecular flexibility index (Phi) is 7.23. The van der Waals surface area contributed by atoms with Crippen molar-refractivity contribution in [3.63, 3.8) is 0 Å². The fourth-order valence-corrected chi connectivity index (χ4v) is 4.84.